The number of alkyl halides is 3. The van der Waals surface area contributed by atoms with Crippen molar-refractivity contribution in [1.82, 2.24) is 4.90 Å². The summed E-state index contributed by atoms with van der Waals surface area (Å²) in [5.74, 6) is -1.70. The van der Waals surface area contributed by atoms with Gasteiger partial charge in [0.25, 0.3) is 0 Å². The number of hydrogen-bond acceptors (Lipinski definition) is 2. The van der Waals surface area contributed by atoms with Gasteiger partial charge in [-0.3, -0.25) is 0 Å². The lowest BCUT2D eigenvalue weighted by Crippen LogP contribution is -2.29. The van der Waals surface area contributed by atoms with Crippen molar-refractivity contribution in [2.24, 2.45) is 0 Å². The summed E-state index contributed by atoms with van der Waals surface area (Å²) in [4.78, 5) is 1.24. The molecule has 0 saturated heterocycles. The summed E-state index contributed by atoms with van der Waals surface area (Å²) < 4.78 is 62.0. The van der Waals surface area contributed by atoms with Gasteiger partial charge in [0.05, 0.1) is 12.5 Å². The Morgan fingerprint density at radius 3 is 2.42 bits per heavy atom. The SMILES string of the molecule is CN(CCC(F)(F)F)CC(O)c1ccc(F)cc1F. The summed E-state index contributed by atoms with van der Waals surface area (Å²) in [5, 5.41) is 9.71. The number of aliphatic hydroxyl groups is 1. The minimum absolute atomic E-state index is 0.139. The zero-order valence-electron chi connectivity index (χ0n) is 10.2. The van der Waals surface area contributed by atoms with Crippen molar-refractivity contribution in [2.75, 3.05) is 20.1 Å². The molecule has 0 spiro atoms. The van der Waals surface area contributed by atoms with E-state index < -0.39 is 30.3 Å². The molecule has 1 N–H and O–H groups in total. The molecule has 0 radical (unpaired) electrons. The van der Waals surface area contributed by atoms with Gasteiger partial charge in [-0.1, -0.05) is 6.07 Å². The van der Waals surface area contributed by atoms with Crippen LogP contribution in [0.25, 0.3) is 0 Å². The van der Waals surface area contributed by atoms with Crippen LogP contribution in [0.1, 0.15) is 18.1 Å². The minimum Gasteiger partial charge on any atom is -0.387 e. The van der Waals surface area contributed by atoms with Gasteiger partial charge < -0.3 is 10.0 Å². The normalized spacial score (nSPS) is 13.9. The van der Waals surface area contributed by atoms with Crippen LogP contribution in [0.4, 0.5) is 22.0 Å². The van der Waals surface area contributed by atoms with Gasteiger partial charge in [0.15, 0.2) is 0 Å². The van der Waals surface area contributed by atoms with Gasteiger partial charge in [0.1, 0.15) is 11.6 Å². The molecule has 108 valence electrons. The Bertz CT molecular complexity index is 421. The first-order valence-electron chi connectivity index (χ1n) is 5.57. The maximum atomic E-state index is 13.3. The molecule has 0 aliphatic carbocycles. The summed E-state index contributed by atoms with van der Waals surface area (Å²) in [7, 11) is 1.39. The number of rotatable bonds is 5. The highest BCUT2D eigenvalue weighted by atomic mass is 19.4. The van der Waals surface area contributed by atoms with Crippen LogP contribution in [0.2, 0.25) is 0 Å². The van der Waals surface area contributed by atoms with Crippen LogP contribution in [-0.2, 0) is 0 Å². The molecule has 19 heavy (non-hydrogen) atoms. The van der Waals surface area contributed by atoms with Crippen molar-refractivity contribution < 1.29 is 27.1 Å². The molecular formula is C12H14F5NO. The Balaban J connectivity index is 2.56. The lowest BCUT2D eigenvalue weighted by Gasteiger charge is -2.21. The smallest absolute Gasteiger partial charge is 0.387 e. The number of likely N-dealkylation sites (N-methyl/N-ethyl adjacent to an activating group) is 1. The van der Waals surface area contributed by atoms with E-state index in [2.05, 4.69) is 0 Å². The molecule has 0 saturated carbocycles. The lowest BCUT2D eigenvalue weighted by molar-refractivity contribution is -0.137. The average Bonchev–Trinajstić information content (AvgIpc) is 2.25. The second-order valence-corrected chi connectivity index (χ2v) is 4.31. The van der Waals surface area contributed by atoms with Crippen LogP contribution in [0, 0.1) is 11.6 Å². The molecule has 0 fully saturated rings. The third-order valence-corrected chi connectivity index (χ3v) is 2.58. The first-order chi connectivity index (χ1) is 8.69. The van der Waals surface area contributed by atoms with Crippen molar-refractivity contribution in [3.05, 3.63) is 35.4 Å². The Morgan fingerprint density at radius 1 is 1.26 bits per heavy atom. The fourth-order valence-corrected chi connectivity index (χ4v) is 1.57. The van der Waals surface area contributed by atoms with Crippen LogP contribution in [-0.4, -0.2) is 36.3 Å². The number of nitrogens with zero attached hydrogens (tertiary/aromatic N) is 1. The molecule has 0 aliphatic rings. The zero-order chi connectivity index (χ0) is 14.6. The van der Waals surface area contributed by atoms with Gasteiger partial charge >= 0.3 is 6.18 Å². The molecule has 1 aromatic rings. The number of benzene rings is 1. The summed E-state index contributed by atoms with van der Waals surface area (Å²) in [5.41, 5.74) is -0.139. The Labute approximate surface area is 107 Å². The van der Waals surface area contributed by atoms with E-state index in [4.69, 9.17) is 0 Å². The molecule has 1 aromatic carbocycles. The first kappa shape index (κ1) is 15.8. The highest BCUT2D eigenvalue weighted by molar-refractivity contribution is 5.21. The standard InChI is InChI=1S/C12H14F5NO/c1-18(5-4-12(15,16)17)7-11(19)9-3-2-8(13)6-10(9)14/h2-3,6,11,19H,4-5,7H2,1H3. The first-order valence-corrected chi connectivity index (χ1v) is 5.57. The molecule has 1 rings (SSSR count). The molecule has 1 unspecified atom stereocenters. The average molecular weight is 283 g/mol. The van der Waals surface area contributed by atoms with E-state index in [9.17, 15) is 27.1 Å². The molecule has 0 aliphatic heterocycles. The van der Waals surface area contributed by atoms with Crippen LogP contribution in [0.15, 0.2) is 18.2 Å². The Hall–Kier alpha value is -1.21. The predicted octanol–water partition coefficient (Wildman–Crippen LogP) is 2.88. The van der Waals surface area contributed by atoms with E-state index >= 15 is 0 Å². The highest BCUT2D eigenvalue weighted by Crippen LogP contribution is 2.21. The quantitative estimate of drug-likeness (QED) is 0.840. The van der Waals surface area contributed by atoms with Gasteiger partial charge in [0.2, 0.25) is 0 Å². The second-order valence-electron chi connectivity index (χ2n) is 4.31. The van der Waals surface area contributed by atoms with E-state index in [0.29, 0.717) is 6.07 Å². The number of halogens is 5. The Morgan fingerprint density at radius 2 is 1.89 bits per heavy atom. The van der Waals surface area contributed by atoms with Crippen LogP contribution < -0.4 is 0 Å². The van der Waals surface area contributed by atoms with Gasteiger partial charge in [-0.15, -0.1) is 0 Å². The molecule has 0 aromatic heterocycles. The fourth-order valence-electron chi connectivity index (χ4n) is 1.57. The maximum absolute atomic E-state index is 13.3. The van der Waals surface area contributed by atoms with Gasteiger partial charge in [0, 0.05) is 24.7 Å². The van der Waals surface area contributed by atoms with E-state index in [1.54, 1.807) is 0 Å². The van der Waals surface area contributed by atoms with E-state index in [1.807, 2.05) is 0 Å². The molecule has 0 heterocycles. The highest BCUT2D eigenvalue weighted by Gasteiger charge is 2.27. The van der Waals surface area contributed by atoms with Gasteiger partial charge in [-0.2, -0.15) is 13.2 Å². The van der Waals surface area contributed by atoms with Crippen molar-refractivity contribution in [2.45, 2.75) is 18.7 Å². The number of aliphatic hydroxyl groups excluding tert-OH is 1. The molecule has 1 atom stereocenters. The predicted molar refractivity (Wildman–Crippen MR) is 59.5 cm³/mol. The van der Waals surface area contributed by atoms with E-state index in [1.165, 1.54) is 11.9 Å². The molecule has 7 heteroatoms. The topological polar surface area (TPSA) is 23.5 Å². The second kappa shape index (κ2) is 6.29. The van der Waals surface area contributed by atoms with Crippen LogP contribution in [0.3, 0.4) is 0 Å². The van der Waals surface area contributed by atoms with Crippen molar-refractivity contribution in [3.8, 4) is 0 Å². The molecule has 0 bridgehead atoms. The monoisotopic (exact) mass is 283 g/mol. The zero-order valence-corrected chi connectivity index (χ0v) is 10.2. The minimum atomic E-state index is -4.28. The third kappa shape index (κ3) is 5.52. The van der Waals surface area contributed by atoms with Crippen LogP contribution in [0.5, 0.6) is 0 Å². The largest absolute Gasteiger partial charge is 0.390 e. The van der Waals surface area contributed by atoms with E-state index in [0.717, 1.165) is 12.1 Å². The van der Waals surface area contributed by atoms with Crippen molar-refractivity contribution >= 4 is 0 Å². The molecule has 2 nitrogen and oxygen atoms in total. The summed E-state index contributed by atoms with van der Waals surface area (Å²) in [6.45, 7) is -0.470. The maximum Gasteiger partial charge on any atom is 0.390 e. The van der Waals surface area contributed by atoms with Crippen molar-refractivity contribution in [3.63, 3.8) is 0 Å². The van der Waals surface area contributed by atoms with E-state index in [-0.39, 0.29) is 18.7 Å². The Kier molecular flexibility index (Phi) is 5.25. The molecular weight excluding hydrogens is 269 g/mol. The lowest BCUT2D eigenvalue weighted by atomic mass is 10.1. The summed E-state index contributed by atoms with van der Waals surface area (Å²) in [6.07, 6.45) is -6.60. The van der Waals surface area contributed by atoms with Crippen molar-refractivity contribution in [1.29, 1.82) is 0 Å². The fraction of sp³-hybridized carbons (Fsp3) is 0.500. The van der Waals surface area contributed by atoms with Gasteiger partial charge in [-0.25, -0.2) is 8.78 Å². The van der Waals surface area contributed by atoms with Gasteiger partial charge in [-0.05, 0) is 13.1 Å². The number of hydrogen-bond donors (Lipinski definition) is 1. The third-order valence-electron chi connectivity index (χ3n) is 2.58. The summed E-state index contributed by atoms with van der Waals surface area (Å²) >= 11 is 0. The summed E-state index contributed by atoms with van der Waals surface area (Å²) in [6, 6.07) is 2.68. The van der Waals surface area contributed by atoms with Crippen LogP contribution >= 0.6 is 0 Å². The molecule has 0 amide bonds.